The van der Waals surface area contributed by atoms with E-state index in [1.54, 1.807) is 31.2 Å². The van der Waals surface area contributed by atoms with Gasteiger partial charge in [-0.15, -0.1) is 0 Å². The molecule has 0 saturated heterocycles. The first-order chi connectivity index (χ1) is 7.15. The van der Waals surface area contributed by atoms with Gasteiger partial charge >= 0.3 is 11.8 Å². The topological polar surface area (TPSA) is 58.2 Å². The normalized spacial score (nSPS) is 9.47. The number of likely N-dealkylation sites (N-methyl/N-ethyl adjacent to an activating group) is 1. The lowest BCUT2D eigenvalue weighted by molar-refractivity contribution is -0.136. The van der Waals surface area contributed by atoms with Crippen LogP contribution in [-0.2, 0) is 9.59 Å². The minimum atomic E-state index is -0.718. The van der Waals surface area contributed by atoms with Crippen LogP contribution in [0.4, 0.5) is 5.69 Å². The lowest BCUT2D eigenvalue weighted by Crippen LogP contribution is -2.35. The average molecular weight is 227 g/mol. The fourth-order valence-corrected chi connectivity index (χ4v) is 1.17. The Hall–Kier alpha value is -1.55. The van der Waals surface area contributed by atoms with Crippen LogP contribution in [0.5, 0.6) is 0 Å². The Morgan fingerprint density at radius 1 is 1.27 bits per heavy atom. The Balaban J connectivity index is 2.67. The Bertz CT molecular complexity index is 379. The van der Waals surface area contributed by atoms with Gasteiger partial charge in [-0.1, -0.05) is 23.7 Å². The van der Waals surface area contributed by atoms with E-state index in [1.807, 2.05) is 0 Å². The van der Waals surface area contributed by atoms with Gasteiger partial charge in [0.25, 0.3) is 0 Å². The molecular weight excluding hydrogens is 216 g/mol. The smallest absolute Gasteiger partial charge is 0.313 e. The molecule has 1 aromatic rings. The van der Waals surface area contributed by atoms with Crippen molar-refractivity contribution in [2.75, 3.05) is 11.9 Å². The predicted molar refractivity (Wildman–Crippen MR) is 58.8 cm³/mol. The number of carbonyl (C=O) groups is 2. The van der Waals surface area contributed by atoms with Gasteiger partial charge in [0.2, 0.25) is 0 Å². The molecule has 4 nitrogen and oxygen atoms in total. The number of anilines is 1. The molecule has 0 spiro atoms. The van der Waals surface area contributed by atoms with E-state index in [9.17, 15) is 9.59 Å². The highest BCUT2D eigenvalue weighted by Crippen LogP contribution is 2.19. The molecule has 0 aliphatic carbocycles. The second kappa shape index (κ2) is 5.36. The van der Waals surface area contributed by atoms with E-state index in [1.165, 1.54) is 0 Å². The minimum Gasteiger partial charge on any atom is -0.348 e. The number of halogens is 1. The number of carbonyl (C=O) groups excluding carboxylic acids is 2. The standard InChI is InChI=1S/C10H11ClN2O2/c1-2-12-9(14)10(15)13-8-6-4-3-5-7(8)11/h3-6H,2H2,1H3,(H,12,14)(H,13,15). The van der Waals surface area contributed by atoms with Gasteiger partial charge in [0.05, 0.1) is 10.7 Å². The van der Waals surface area contributed by atoms with Gasteiger partial charge in [-0.3, -0.25) is 9.59 Å². The number of hydrogen-bond acceptors (Lipinski definition) is 2. The average Bonchev–Trinajstić information content (AvgIpc) is 2.21. The molecule has 2 amide bonds. The lowest BCUT2D eigenvalue weighted by atomic mass is 10.3. The zero-order valence-electron chi connectivity index (χ0n) is 8.21. The molecule has 2 N–H and O–H groups in total. The lowest BCUT2D eigenvalue weighted by Gasteiger charge is -2.06. The molecule has 80 valence electrons. The van der Waals surface area contributed by atoms with Gasteiger partial charge in [0.1, 0.15) is 0 Å². The molecule has 0 aliphatic heterocycles. The number of hydrogen-bond donors (Lipinski definition) is 2. The van der Waals surface area contributed by atoms with Crippen LogP contribution in [0.2, 0.25) is 5.02 Å². The van der Waals surface area contributed by atoms with Crippen molar-refractivity contribution in [3.63, 3.8) is 0 Å². The van der Waals surface area contributed by atoms with Crippen LogP contribution in [0.1, 0.15) is 6.92 Å². The molecule has 0 fully saturated rings. The van der Waals surface area contributed by atoms with E-state index in [0.717, 1.165) is 0 Å². The fourth-order valence-electron chi connectivity index (χ4n) is 0.982. The number of amides is 2. The maximum atomic E-state index is 11.3. The van der Waals surface area contributed by atoms with E-state index in [0.29, 0.717) is 17.3 Å². The van der Waals surface area contributed by atoms with E-state index >= 15 is 0 Å². The molecule has 5 heteroatoms. The first-order valence-corrected chi connectivity index (χ1v) is 4.86. The van der Waals surface area contributed by atoms with Crippen LogP contribution < -0.4 is 10.6 Å². The molecule has 0 heterocycles. The highest BCUT2D eigenvalue weighted by atomic mass is 35.5. The molecule has 0 aromatic heterocycles. The first kappa shape index (κ1) is 11.5. The van der Waals surface area contributed by atoms with Crippen molar-refractivity contribution in [2.45, 2.75) is 6.92 Å². The van der Waals surface area contributed by atoms with Crippen molar-refractivity contribution in [3.05, 3.63) is 29.3 Å². The summed E-state index contributed by atoms with van der Waals surface area (Å²) in [5.74, 6) is -1.39. The molecule has 0 atom stereocenters. The van der Waals surface area contributed by atoms with Crippen LogP contribution >= 0.6 is 11.6 Å². The molecule has 1 rings (SSSR count). The Labute approximate surface area is 92.6 Å². The van der Waals surface area contributed by atoms with Gasteiger partial charge in [-0.2, -0.15) is 0 Å². The zero-order chi connectivity index (χ0) is 11.3. The largest absolute Gasteiger partial charge is 0.348 e. The van der Waals surface area contributed by atoms with Gasteiger partial charge in [-0.25, -0.2) is 0 Å². The van der Waals surface area contributed by atoms with Gasteiger partial charge in [0, 0.05) is 6.54 Å². The first-order valence-electron chi connectivity index (χ1n) is 4.49. The summed E-state index contributed by atoms with van der Waals surface area (Å²) < 4.78 is 0. The number of rotatable bonds is 2. The zero-order valence-corrected chi connectivity index (χ0v) is 8.97. The Morgan fingerprint density at radius 3 is 2.53 bits per heavy atom. The summed E-state index contributed by atoms with van der Waals surface area (Å²) in [4.78, 5) is 22.4. The van der Waals surface area contributed by atoms with Crippen molar-refractivity contribution >= 4 is 29.1 Å². The highest BCUT2D eigenvalue weighted by molar-refractivity contribution is 6.41. The van der Waals surface area contributed by atoms with E-state index < -0.39 is 11.8 Å². The van der Waals surface area contributed by atoms with E-state index in [4.69, 9.17) is 11.6 Å². The summed E-state index contributed by atoms with van der Waals surface area (Å²) in [7, 11) is 0. The van der Waals surface area contributed by atoms with Crippen LogP contribution in [-0.4, -0.2) is 18.4 Å². The number of benzene rings is 1. The SMILES string of the molecule is CCNC(=O)C(=O)Nc1ccccc1Cl. The molecule has 0 aliphatic rings. The predicted octanol–water partition coefficient (Wildman–Crippen LogP) is 1.41. The summed E-state index contributed by atoms with van der Waals surface area (Å²) in [6, 6.07) is 6.72. The maximum Gasteiger partial charge on any atom is 0.313 e. The van der Waals surface area contributed by atoms with Crippen molar-refractivity contribution in [1.29, 1.82) is 0 Å². The van der Waals surface area contributed by atoms with E-state index in [-0.39, 0.29) is 0 Å². The van der Waals surface area contributed by atoms with Gasteiger partial charge in [0.15, 0.2) is 0 Å². The molecule has 0 saturated carbocycles. The third-order valence-electron chi connectivity index (χ3n) is 1.67. The van der Waals surface area contributed by atoms with Crippen LogP contribution in [0.3, 0.4) is 0 Å². The summed E-state index contributed by atoms with van der Waals surface area (Å²) in [5.41, 5.74) is 0.426. The monoisotopic (exact) mass is 226 g/mol. The quantitative estimate of drug-likeness (QED) is 0.750. The third kappa shape index (κ3) is 3.25. The molecule has 1 aromatic carbocycles. The van der Waals surface area contributed by atoms with Crippen molar-refractivity contribution in [1.82, 2.24) is 5.32 Å². The highest BCUT2D eigenvalue weighted by Gasteiger charge is 2.13. The van der Waals surface area contributed by atoms with Crippen LogP contribution in [0, 0.1) is 0 Å². The van der Waals surface area contributed by atoms with Crippen molar-refractivity contribution in [3.8, 4) is 0 Å². The second-order valence-electron chi connectivity index (χ2n) is 2.79. The van der Waals surface area contributed by atoms with Gasteiger partial charge in [-0.05, 0) is 19.1 Å². The number of para-hydroxylation sites is 1. The minimum absolute atomic E-state index is 0.398. The maximum absolute atomic E-state index is 11.3. The molecular formula is C10H11ClN2O2. The van der Waals surface area contributed by atoms with E-state index in [2.05, 4.69) is 10.6 Å². The summed E-state index contributed by atoms with van der Waals surface area (Å²) in [5, 5.41) is 5.20. The van der Waals surface area contributed by atoms with Crippen molar-refractivity contribution < 1.29 is 9.59 Å². The summed E-state index contributed by atoms with van der Waals surface area (Å²) in [6.07, 6.45) is 0. The Kier molecular flexibility index (Phi) is 4.12. The molecule has 0 radical (unpaired) electrons. The fraction of sp³-hybridized carbons (Fsp3) is 0.200. The number of nitrogens with one attached hydrogen (secondary N) is 2. The molecule has 15 heavy (non-hydrogen) atoms. The summed E-state index contributed by atoms with van der Waals surface area (Å²) in [6.45, 7) is 2.15. The van der Waals surface area contributed by atoms with Crippen LogP contribution in [0.25, 0.3) is 0 Å². The van der Waals surface area contributed by atoms with Crippen molar-refractivity contribution in [2.24, 2.45) is 0 Å². The van der Waals surface area contributed by atoms with Crippen LogP contribution in [0.15, 0.2) is 24.3 Å². The molecule has 0 bridgehead atoms. The second-order valence-corrected chi connectivity index (χ2v) is 3.20. The summed E-state index contributed by atoms with van der Waals surface area (Å²) >= 11 is 5.80. The molecule has 0 unspecified atom stereocenters. The third-order valence-corrected chi connectivity index (χ3v) is 2.00. The van der Waals surface area contributed by atoms with Gasteiger partial charge < -0.3 is 10.6 Å². The Morgan fingerprint density at radius 2 is 1.93 bits per heavy atom.